The molecule has 0 aromatic heterocycles. The summed E-state index contributed by atoms with van der Waals surface area (Å²) in [6.07, 6.45) is 0.611. The largest absolute Gasteiger partial charge is 0.496 e. The highest BCUT2D eigenvalue weighted by atomic mass is 16.5. The first kappa shape index (κ1) is 16.5. The van der Waals surface area contributed by atoms with E-state index in [4.69, 9.17) is 4.74 Å². The number of hydrogen-bond acceptors (Lipinski definition) is 4. The number of ether oxygens (including phenoxy) is 1. The predicted molar refractivity (Wildman–Crippen MR) is 87.7 cm³/mol. The quantitative estimate of drug-likeness (QED) is 0.838. The third-order valence-electron chi connectivity index (χ3n) is 4.67. The molecule has 1 fully saturated rings. The maximum absolute atomic E-state index is 12.8. The summed E-state index contributed by atoms with van der Waals surface area (Å²) < 4.78 is 5.44. The number of rotatable bonds is 2. The molecule has 1 atom stereocenters. The van der Waals surface area contributed by atoms with Gasteiger partial charge >= 0.3 is 0 Å². The van der Waals surface area contributed by atoms with E-state index in [-0.39, 0.29) is 23.7 Å². The number of amides is 3. The fourth-order valence-corrected chi connectivity index (χ4v) is 3.26. The van der Waals surface area contributed by atoms with Gasteiger partial charge < -0.3 is 9.64 Å². The zero-order chi connectivity index (χ0) is 17.6. The van der Waals surface area contributed by atoms with Gasteiger partial charge in [-0.3, -0.25) is 19.7 Å². The number of piperidine rings is 1. The van der Waals surface area contributed by atoms with Crippen LogP contribution in [0.5, 0.6) is 5.75 Å². The van der Waals surface area contributed by atoms with E-state index in [9.17, 15) is 14.4 Å². The summed E-state index contributed by atoms with van der Waals surface area (Å²) in [5, 5.41) is 2.31. The summed E-state index contributed by atoms with van der Waals surface area (Å²) in [6, 6.07) is 3.30. The Labute approximate surface area is 141 Å². The lowest BCUT2D eigenvalue weighted by Gasteiger charge is -2.29. The molecule has 128 valence electrons. The van der Waals surface area contributed by atoms with Gasteiger partial charge in [0.05, 0.1) is 12.7 Å². The van der Waals surface area contributed by atoms with Crippen molar-refractivity contribution >= 4 is 17.7 Å². The number of fused-ring (bicyclic) bond motifs is 1. The molecule has 1 unspecified atom stereocenters. The third kappa shape index (κ3) is 2.66. The number of imide groups is 1. The predicted octanol–water partition coefficient (Wildman–Crippen LogP) is 1.75. The average molecular weight is 330 g/mol. The Hall–Kier alpha value is -2.37. The number of nitrogens with one attached hydrogen (secondary N) is 1. The van der Waals surface area contributed by atoms with Gasteiger partial charge in [-0.15, -0.1) is 0 Å². The highest BCUT2D eigenvalue weighted by Gasteiger charge is 2.41. The van der Waals surface area contributed by atoms with Crippen LogP contribution in [0.4, 0.5) is 0 Å². The molecule has 3 rings (SSSR count). The summed E-state index contributed by atoms with van der Waals surface area (Å²) in [7, 11) is 1.55. The topological polar surface area (TPSA) is 75.7 Å². The van der Waals surface area contributed by atoms with Gasteiger partial charge in [-0.05, 0) is 29.0 Å². The molecule has 2 heterocycles. The second kappa shape index (κ2) is 5.61. The van der Waals surface area contributed by atoms with Crippen LogP contribution in [0.3, 0.4) is 0 Å². The van der Waals surface area contributed by atoms with E-state index >= 15 is 0 Å². The highest BCUT2D eigenvalue weighted by molar-refractivity contribution is 6.06. The Morgan fingerprint density at radius 2 is 1.92 bits per heavy atom. The summed E-state index contributed by atoms with van der Waals surface area (Å²) in [5.41, 5.74) is 2.40. The molecule has 0 spiro atoms. The molecular weight excluding hydrogens is 308 g/mol. The number of carbonyl (C=O) groups excluding carboxylic acids is 3. The van der Waals surface area contributed by atoms with Gasteiger partial charge in [0.1, 0.15) is 11.8 Å². The lowest BCUT2D eigenvalue weighted by Crippen LogP contribution is -2.52. The minimum atomic E-state index is -0.606. The van der Waals surface area contributed by atoms with E-state index < -0.39 is 11.9 Å². The molecule has 1 saturated heterocycles. The van der Waals surface area contributed by atoms with Crippen LogP contribution in [-0.2, 0) is 21.5 Å². The van der Waals surface area contributed by atoms with Gasteiger partial charge in [-0.1, -0.05) is 26.8 Å². The van der Waals surface area contributed by atoms with Crippen molar-refractivity contribution in [2.24, 2.45) is 0 Å². The van der Waals surface area contributed by atoms with E-state index in [1.165, 1.54) is 0 Å². The smallest absolute Gasteiger partial charge is 0.258 e. The molecule has 0 radical (unpaired) electrons. The molecule has 2 aliphatic rings. The van der Waals surface area contributed by atoms with Crippen molar-refractivity contribution < 1.29 is 19.1 Å². The number of hydrogen-bond donors (Lipinski definition) is 1. The standard InChI is InChI=1S/C18H22N2O4/c1-18(2,3)11-7-10-9-20(12-5-6-14(21)19-16(12)22)17(23)15(10)13(8-11)24-4/h7-8,12H,5-6,9H2,1-4H3,(H,19,21,22). The van der Waals surface area contributed by atoms with Gasteiger partial charge in [0, 0.05) is 13.0 Å². The molecule has 6 nitrogen and oxygen atoms in total. The summed E-state index contributed by atoms with van der Waals surface area (Å²) in [4.78, 5) is 37.8. The summed E-state index contributed by atoms with van der Waals surface area (Å²) >= 11 is 0. The van der Waals surface area contributed by atoms with E-state index in [0.29, 0.717) is 24.3 Å². The minimum absolute atomic E-state index is 0.0760. The van der Waals surface area contributed by atoms with Crippen LogP contribution in [0.25, 0.3) is 0 Å². The van der Waals surface area contributed by atoms with Crippen LogP contribution < -0.4 is 10.1 Å². The zero-order valence-electron chi connectivity index (χ0n) is 14.4. The van der Waals surface area contributed by atoms with Crippen LogP contribution in [0.1, 0.15) is 55.1 Å². The van der Waals surface area contributed by atoms with Gasteiger partial charge in [-0.2, -0.15) is 0 Å². The van der Waals surface area contributed by atoms with Gasteiger partial charge in [0.15, 0.2) is 0 Å². The second-order valence-corrected chi connectivity index (χ2v) is 7.36. The summed E-state index contributed by atoms with van der Waals surface area (Å²) in [5.74, 6) is -0.357. The lowest BCUT2D eigenvalue weighted by molar-refractivity contribution is -0.136. The molecule has 0 saturated carbocycles. The van der Waals surface area contributed by atoms with Crippen LogP contribution >= 0.6 is 0 Å². The number of carbonyl (C=O) groups is 3. The molecular formula is C18H22N2O4. The van der Waals surface area contributed by atoms with Crippen molar-refractivity contribution in [1.29, 1.82) is 0 Å². The molecule has 1 aromatic rings. The van der Waals surface area contributed by atoms with E-state index in [2.05, 4.69) is 26.1 Å². The maximum Gasteiger partial charge on any atom is 0.258 e. The van der Waals surface area contributed by atoms with Crippen molar-refractivity contribution in [3.63, 3.8) is 0 Å². The molecule has 1 N–H and O–H groups in total. The number of benzene rings is 1. The van der Waals surface area contributed by atoms with Crippen LogP contribution in [-0.4, -0.2) is 35.8 Å². The SMILES string of the molecule is COc1cc(C(C)(C)C)cc2c1C(=O)N(C1CCC(=O)NC1=O)C2. The molecule has 1 aromatic carbocycles. The normalized spacial score (nSPS) is 20.9. The van der Waals surface area contributed by atoms with E-state index in [1.807, 2.05) is 12.1 Å². The fourth-order valence-electron chi connectivity index (χ4n) is 3.26. The Morgan fingerprint density at radius 1 is 1.21 bits per heavy atom. The van der Waals surface area contributed by atoms with Gasteiger partial charge in [0.25, 0.3) is 5.91 Å². The molecule has 3 amide bonds. The van der Waals surface area contributed by atoms with Crippen LogP contribution in [0, 0.1) is 0 Å². The zero-order valence-corrected chi connectivity index (χ0v) is 14.4. The number of nitrogens with zero attached hydrogens (tertiary/aromatic N) is 1. The van der Waals surface area contributed by atoms with Crippen molar-refractivity contribution in [3.8, 4) is 5.75 Å². The Bertz CT molecular complexity index is 733. The van der Waals surface area contributed by atoms with Gasteiger partial charge in [0.2, 0.25) is 11.8 Å². The van der Waals surface area contributed by atoms with E-state index in [1.54, 1.807) is 12.0 Å². The minimum Gasteiger partial charge on any atom is -0.496 e. The molecule has 0 aliphatic carbocycles. The molecule has 0 bridgehead atoms. The van der Waals surface area contributed by atoms with Crippen LogP contribution in [0.15, 0.2) is 12.1 Å². The van der Waals surface area contributed by atoms with Crippen molar-refractivity contribution in [1.82, 2.24) is 10.2 Å². The Kier molecular flexibility index (Phi) is 3.86. The molecule has 24 heavy (non-hydrogen) atoms. The second-order valence-electron chi connectivity index (χ2n) is 7.36. The Morgan fingerprint density at radius 3 is 2.50 bits per heavy atom. The first-order valence-corrected chi connectivity index (χ1v) is 8.08. The van der Waals surface area contributed by atoms with E-state index in [0.717, 1.165) is 11.1 Å². The average Bonchev–Trinajstić information content (AvgIpc) is 2.82. The van der Waals surface area contributed by atoms with Gasteiger partial charge in [-0.25, -0.2) is 0 Å². The highest BCUT2D eigenvalue weighted by Crippen LogP contribution is 2.37. The third-order valence-corrected chi connectivity index (χ3v) is 4.67. The van der Waals surface area contributed by atoms with Crippen molar-refractivity contribution in [2.45, 2.75) is 51.6 Å². The van der Waals surface area contributed by atoms with Crippen molar-refractivity contribution in [2.75, 3.05) is 7.11 Å². The maximum atomic E-state index is 12.8. The van der Waals surface area contributed by atoms with Crippen molar-refractivity contribution in [3.05, 3.63) is 28.8 Å². The van der Waals surface area contributed by atoms with Crippen LogP contribution in [0.2, 0.25) is 0 Å². The monoisotopic (exact) mass is 330 g/mol. The molecule has 2 aliphatic heterocycles. The Balaban J connectivity index is 1.98. The molecule has 6 heteroatoms. The summed E-state index contributed by atoms with van der Waals surface area (Å²) in [6.45, 7) is 6.66. The fraction of sp³-hybridized carbons (Fsp3) is 0.500. The first-order valence-electron chi connectivity index (χ1n) is 8.08. The lowest BCUT2D eigenvalue weighted by atomic mass is 9.85. The number of methoxy groups -OCH3 is 1. The first-order chi connectivity index (χ1) is 11.2.